The highest BCUT2D eigenvalue weighted by Gasteiger charge is 2.27. The standard InChI is InChI=1S/C15H19N3/c16-9-2-4-12-3-1-5-14(11-12)18-15(8-10-17-18)13-6-7-13/h1,3,5,8,10-11,13H,2,4,6-7,9,16H2. The van der Waals surface area contributed by atoms with Crippen molar-refractivity contribution < 1.29 is 0 Å². The predicted molar refractivity (Wildman–Crippen MR) is 72.9 cm³/mol. The highest BCUT2D eigenvalue weighted by molar-refractivity contribution is 5.38. The van der Waals surface area contributed by atoms with Crippen molar-refractivity contribution in [2.45, 2.75) is 31.6 Å². The lowest BCUT2D eigenvalue weighted by Gasteiger charge is -2.08. The number of aromatic nitrogens is 2. The molecule has 3 heteroatoms. The van der Waals surface area contributed by atoms with Gasteiger partial charge in [-0.2, -0.15) is 5.10 Å². The third-order valence-electron chi connectivity index (χ3n) is 3.49. The van der Waals surface area contributed by atoms with E-state index in [9.17, 15) is 0 Å². The van der Waals surface area contributed by atoms with E-state index in [1.165, 1.54) is 29.8 Å². The molecule has 1 heterocycles. The average Bonchev–Trinajstić information content (AvgIpc) is 3.14. The topological polar surface area (TPSA) is 43.8 Å². The molecule has 2 aromatic rings. The Morgan fingerprint density at radius 1 is 1.28 bits per heavy atom. The number of nitrogens with zero attached hydrogens (tertiary/aromatic N) is 2. The van der Waals surface area contributed by atoms with Crippen LogP contribution in [0.2, 0.25) is 0 Å². The van der Waals surface area contributed by atoms with Crippen LogP contribution < -0.4 is 5.73 Å². The van der Waals surface area contributed by atoms with E-state index in [1.54, 1.807) is 0 Å². The SMILES string of the molecule is NCCCc1cccc(-n2nccc2C2CC2)c1. The van der Waals surface area contributed by atoms with Crippen LogP contribution in [0.4, 0.5) is 0 Å². The number of aryl methyl sites for hydroxylation is 1. The largest absolute Gasteiger partial charge is 0.330 e. The smallest absolute Gasteiger partial charge is 0.0651 e. The predicted octanol–water partition coefficient (Wildman–Crippen LogP) is 2.64. The van der Waals surface area contributed by atoms with Gasteiger partial charge in [-0.15, -0.1) is 0 Å². The normalized spacial score (nSPS) is 14.9. The zero-order valence-electron chi connectivity index (χ0n) is 10.5. The van der Waals surface area contributed by atoms with Gasteiger partial charge in [0.15, 0.2) is 0 Å². The summed E-state index contributed by atoms with van der Waals surface area (Å²) in [5.41, 5.74) is 9.44. The molecule has 1 aromatic carbocycles. The molecule has 94 valence electrons. The second kappa shape index (κ2) is 4.94. The number of nitrogens with two attached hydrogens (primary N) is 1. The molecule has 0 radical (unpaired) electrons. The molecule has 1 aliphatic rings. The summed E-state index contributed by atoms with van der Waals surface area (Å²) < 4.78 is 2.09. The molecule has 0 aliphatic heterocycles. The second-order valence-electron chi connectivity index (χ2n) is 5.00. The molecule has 1 saturated carbocycles. The highest BCUT2D eigenvalue weighted by atomic mass is 15.3. The van der Waals surface area contributed by atoms with Crippen molar-refractivity contribution in [3.63, 3.8) is 0 Å². The second-order valence-corrected chi connectivity index (χ2v) is 5.00. The average molecular weight is 241 g/mol. The number of hydrogen-bond acceptors (Lipinski definition) is 2. The van der Waals surface area contributed by atoms with Crippen molar-refractivity contribution in [2.24, 2.45) is 5.73 Å². The van der Waals surface area contributed by atoms with Crippen molar-refractivity contribution in [3.8, 4) is 5.69 Å². The maximum absolute atomic E-state index is 5.56. The fourth-order valence-electron chi connectivity index (χ4n) is 2.37. The van der Waals surface area contributed by atoms with Crippen molar-refractivity contribution in [3.05, 3.63) is 47.8 Å². The van der Waals surface area contributed by atoms with Gasteiger partial charge in [0.25, 0.3) is 0 Å². The van der Waals surface area contributed by atoms with Gasteiger partial charge in [-0.3, -0.25) is 0 Å². The molecule has 0 spiro atoms. The van der Waals surface area contributed by atoms with Crippen LogP contribution in [0.15, 0.2) is 36.5 Å². The molecular weight excluding hydrogens is 222 g/mol. The Kier molecular flexibility index (Phi) is 3.15. The molecule has 0 atom stereocenters. The van der Waals surface area contributed by atoms with Crippen LogP contribution in [0.5, 0.6) is 0 Å². The Labute approximate surface area is 108 Å². The first-order valence-corrected chi connectivity index (χ1v) is 6.72. The quantitative estimate of drug-likeness (QED) is 0.874. The highest BCUT2D eigenvalue weighted by Crippen LogP contribution is 2.40. The maximum atomic E-state index is 5.56. The van der Waals surface area contributed by atoms with Gasteiger partial charge in [-0.05, 0) is 56.0 Å². The van der Waals surface area contributed by atoms with E-state index >= 15 is 0 Å². The number of hydrogen-bond donors (Lipinski definition) is 1. The Balaban J connectivity index is 1.88. The van der Waals surface area contributed by atoms with Crippen molar-refractivity contribution in [2.75, 3.05) is 6.54 Å². The van der Waals surface area contributed by atoms with Gasteiger partial charge in [0.2, 0.25) is 0 Å². The molecule has 0 unspecified atom stereocenters. The first kappa shape index (κ1) is 11.5. The van der Waals surface area contributed by atoms with E-state index in [4.69, 9.17) is 5.73 Å². The first-order valence-electron chi connectivity index (χ1n) is 6.72. The fraction of sp³-hybridized carbons (Fsp3) is 0.400. The third kappa shape index (κ3) is 2.31. The minimum atomic E-state index is 0.722. The maximum Gasteiger partial charge on any atom is 0.0651 e. The summed E-state index contributed by atoms with van der Waals surface area (Å²) >= 11 is 0. The van der Waals surface area contributed by atoms with E-state index in [1.807, 2.05) is 6.20 Å². The molecule has 0 saturated heterocycles. The van der Waals surface area contributed by atoms with Gasteiger partial charge in [0, 0.05) is 17.8 Å². The Morgan fingerprint density at radius 2 is 2.17 bits per heavy atom. The number of rotatable bonds is 5. The molecule has 0 bridgehead atoms. The summed E-state index contributed by atoms with van der Waals surface area (Å²) in [7, 11) is 0. The number of benzene rings is 1. The van der Waals surface area contributed by atoms with E-state index in [0.717, 1.165) is 25.3 Å². The molecule has 0 amide bonds. The minimum Gasteiger partial charge on any atom is -0.330 e. The van der Waals surface area contributed by atoms with Crippen LogP contribution >= 0.6 is 0 Å². The Morgan fingerprint density at radius 3 is 2.94 bits per heavy atom. The summed E-state index contributed by atoms with van der Waals surface area (Å²) in [6.07, 6.45) is 6.60. The molecule has 2 N–H and O–H groups in total. The van der Waals surface area contributed by atoms with Gasteiger partial charge in [0.1, 0.15) is 0 Å². The molecule has 1 aromatic heterocycles. The van der Waals surface area contributed by atoms with Gasteiger partial charge >= 0.3 is 0 Å². The Bertz CT molecular complexity index is 526. The zero-order valence-corrected chi connectivity index (χ0v) is 10.5. The van der Waals surface area contributed by atoms with Crippen LogP contribution in [0.25, 0.3) is 5.69 Å². The van der Waals surface area contributed by atoms with Crippen molar-refractivity contribution >= 4 is 0 Å². The molecule has 1 fully saturated rings. The lowest BCUT2D eigenvalue weighted by atomic mass is 10.1. The first-order chi connectivity index (χ1) is 8.88. The molecule has 3 rings (SSSR count). The van der Waals surface area contributed by atoms with Crippen LogP contribution in [0.1, 0.15) is 36.4 Å². The summed E-state index contributed by atoms with van der Waals surface area (Å²) in [5.74, 6) is 0.722. The third-order valence-corrected chi connectivity index (χ3v) is 3.49. The van der Waals surface area contributed by atoms with E-state index in [2.05, 4.69) is 40.1 Å². The van der Waals surface area contributed by atoms with E-state index < -0.39 is 0 Å². The lowest BCUT2D eigenvalue weighted by molar-refractivity contribution is 0.799. The summed E-state index contributed by atoms with van der Waals surface area (Å²) in [4.78, 5) is 0. The summed E-state index contributed by atoms with van der Waals surface area (Å²) in [5, 5.41) is 4.46. The van der Waals surface area contributed by atoms with Crippen LogP contribution in [-0.2, 0) is 6.42 Å². The minimum absolute atomic E-state index is 0.722. The van der Waals surface area contributed by atoms with E-state index in [0.29, 0.717) is 0 Å². The van der Waals surface area contributed by atoms with Gasteiger partial charge in [-0.1, -0.05) is 12.1 Å². The van der Waals surface area contributed by atoms with Crippen LogP contribution in [0.3, 0.4) is 0 Å². The summed E-state index contributed by atoms with van der Waals surface area (Å²) in [6, 6.07) is 10.8. The van der Waals surface area contributed by atoms with Crippen LogP contribution in [0, 0.1) is 0 Å². The molecule has 18 heavy (non-hydrogen) atoms. The fourth-order valence-corrected chi connectivity index (χ4v) is 2.37. The van der Waals surface area contributed by atoms with Crippen molar-refractivity contribution in [1.29, 1.82) is 0 Å². The van der Waals surface area contributed by atoms with Crippen molar-refractivity contribution in [1.82, 2.24) is 9.78 Å². The summed E-state index contributed by atoms with van der Waals surface area (Å²) in [6.45, 7) is 0.749. The monoisotopic (exact) mass is 241 g/mol. The van der Waals surface area contributed by atoms with Gasteiger partial charge in [0.05, 0.1) is 5.69 Å². The van der Waals surface area contributed by atoms with Crippen LogP contribution in [-0.4, -0.2) is 16.3 Å². The van der Waals surface area contributed by atoms with Gasteiger partial charge in [-0.25, -0.2) is 4.68 Å². The Hall–Kier alpha value is -1.61. The van der Waals surface area contributed by atoms with E-state index in [-0.39, 0.29) is 0 Å². The molecule has 1 aliphatic carbocycles. The van der Waals surface area contributed by atoms with Gasteiger partial charge < -0.3 is 5.73 Å². The molecule has 3 nitrogen and oxygen atoms in total. The zero-order chi connectivity index (χ0) is 12.4. The molecular formula is C15H19N3. The lowest BCUT2D eigenvalue weighted by Crippen LogP contribution is -2.03.